The van der Waals surface area contributed by atoms with Crippen molar-refractivity contribution in [3.05, 3.63) is 55.9 Å². The molecule has 0 aliphatic heterocycles. The van der Waals surface area contributed by atoms with Crippen molar-refractivity contribution < 1.29 is 22.7 Å². The first kappa shape index (κ1) is 19.5. The number of carbonyl (C=O) groups excluding carboxylic acids is 1. The Morgan fingerprint density at radius 2 is 2.04 bits per heavy atom. The zero-order valence-corrected chi connectivity index (χ0v) is 14.5. The van der Waals surface area contributed by atoms with Crippen molar-refractivity contribution in [1.29, 1.82) is 0 Å². The number of halogens is 3. The summed E-state index contributed by atoms with van der Waals surface area (Å²) in [5, 5.41) is 2.67. The van der Waals surface area contributed by atoms with Crippen LogP contribution in [0.1, 0.15) is 40.5 Å². The van der Waals surface area contributed by atoms with Gasteiger partial charge in [-0.15, -0.1) is 0 Å². The Morgan fingerprint density at radius 1 is 1.29 bits per heavy atom. The van der Waals surface area contributed by atoms with Crippen LogP contribution in [0.25, 0.3) is 0 Å². The average Bonchev–Trinajstić information content (AvgIpc) is 2.62. The quantitative estimate of drug-likeness (QED) is 0.618. The van der Waals surface area contributed by atoms with Crippen molar-refractivity contribution in [2.45, 2.75) is 31.5 Å². The number of amides is 1. The maximum absolute atomic E-state index is 12.5. The standard InChI is InChI=1S/C17H17F3N4O4/c18-17(19,20)7-28-11-6-2-3-8-9(11)4-1-5-10(8)22-15(26)13-12(21)14(25)24-16(27)23-13/h2-3,6,10H,1,4-5,7,21H2,(H,22,26)(H2,23,24,25,27)/t10-/m1/s1. The number of ether oxygens (including phenoxy) is 1. The first-order valence-corrected chi connectivity index (χ1v) is 8.40. The Labute approximate surface area is 155 Å². The highest BCUT2D eigenvalue weighted by Gasteiger charge is 2.30. The van der Waals surface area contributed by atoms with Gasteiger partial charge in [0.2, 0.25) is 0 Å². The number of hydrogen-bond donors (Lipinski definition) is 4. The van der Waals surface area contributed by atoms with Crippen LogP contribution in [0.15, 0.2) is 27.8 Å². The molecule has 2 aromatic rings. The minimum absolute atomic E-state index is 0.109. The second-order valence-corrected chi connectivity index (χ2v) is 6.34. The fourth-order valence-corrected chi connectivity index (χ4v) is 3.17. The summed E-state index contributed by atoms with van der Waals surface area (Å²) in [5.74, 6) is -0.655. The predicted molar refractivity (Wildman–Crippen MR) is 93.2 cm³/mol. The van der Waals surface area contributed by atoms with Crippen molar-refractivity contribution in [3.8, 4) is 5.75 Å². The van der Waals surface area contributed by atoms with Gasteiger partial charge in [-0.25, -0.2) is 4.79 Å². The molecule has 0 unspecified atom stereocenters. The molecule has 3 rings (SSSR count). The molecule has 150 valence electrons. The van der Waals surface area contributed by atoms with E-state index in [1.807, 2.05) is 4.98 Å². The lowest BCUT2D eigenvalue weighted by Crippen LogP contribution is -2.36. The van der Waals surface area contributed by atoms with E-state index in [0.717, 1.165) is 0 Å². The van der Waals surface area contributed by atoms with E-state index in [1.54, 1.807) is 12.1 Å². The number of aromatic nitrogens is 2. The van der Waals surface area contributed by atoms with Gasteiger partial charge in [0.15, 0.2) is 6.61 Å². The molecule has 1 aromatic heterocycles. The molecule has 1 aromatic carbocycles. The highest BCUT2D eigenvalue weighted by atomic mass is 19.4. The molecule has 5 N–H and O–H groups in total. The summed E-state index contributed by atoms with van der Waals surface area (Å²) in [4.78, 5) is 39.5. The van der Waals surface area contributed by atoms with Crippen LogP contribution >= 0.6 is 0 Å². The molecule has 0 saturated carbocycles. The third-order valence-corrected chi connectivity index (χ3v) is 4.37. The Balaban J connectivity index is 1.86. The van der Waals surface area contributed by atoms with Crippen LogP contribution in [0.3, 0.4) is 0 Å². The summed E-state index contributed by atoms with van der Waals surface area (Å²) in [5.41, 5.74) is 4.18. The van der Waals surface area contributed by atoms with E-state index < -0.39 is 41.7 Å². The zero-order valence-electron chi connectivity index (χ0n) is 14.5. The molecule has 1 aliphatic carbocycles. The monoisotopic (exact) mass is 398 g/mol. The molecule has 11 heteroatoms. The van der Waals surface area contributed by atoms with E-state index in [-0.39, 0.29) is 11.4 Å². The Morgan fingerprint density at radius 3 is 2.75 bits per heavy atom. The fourth-order valence-electron chi connectivity index (χ4n) is 3.17. The van der Waals surface area contributed by atoms with Gasteiger partial charge in [0, 0.05) is 0 Å². The number of H-pyrrole nitrogens is 2. The van der Waals surface area contributed by atoms with Crippen LogP contribution < -0.4 is 27.0 Å². The summed E-state index contributed by atoms with van der Waals surface area (Å²) in [6.45, 7) is -1.41. The van der Waals surface area contributed by atoms with Gasteiger partial charge < -0.3 is 20.8 Å². The van der Waals surface area contributed by atoms with Crippen molar-refractivity contribution in [1.82, 2.24) is 15.3 Å². The van der Waals surface area contributed by atoms with Crippen molar-refractivity contribution in [2.75, 3.05) is 12.3 Å². The van der Waals surface area contributed by atoms with E-state index in [1.165, 1.54) is 6.07 Å². The van der Waals surface area contributed by atoms with E-state index in [2.05, 4.69) is 10.3 Å². The average molecular weight is 398 g/mol. The lowest BCUT2D eigenvalue weighted by molar-refractivity contribution is -0.153. The second-order valence-electron chi connectivity index (χ2n) is 6.34. The number of nitrogens with one attached hydrogen (secondary N) is 3. The van der Waals surface area contributed by atoms with Crippen LogP contribution in [0, 0.1) is 0 Å². The Hall–Kier alpha value is -3.24. The largest absolute Gasteiger partial charge is 0.484 e. The van der Waals surface area contributed by atoms with Gasteiger partial charge in [-0.2, -0.15) is 13.2 Å². The number of carbonyl (C=O) groups is 1. The van der Waals surface area contributed by atoms with Crippen LogP contribution in [-0.4, -0.2) is 28.7 Å². The summed E-state index contributed by atoms with van der Waals surface area (Å²) < 4.78 is 42.3. The number of benzene rings is 1. The number of rotatable bonds is 4. The maximum atomic E-state index is 12.5. The number of nitrogens with two attached hydrogens (primary N) is 1. The van der Waals surface area contributed by atoms with Crippen LogP contribution in [0.2, 0.25) is 0 Å². The molecule has 0 spiro atoms. The van der Waals surface area contributed by atoms with Gasteiger partial charge >= 0.3 is 11.9 Å². The number of hydrogen-bond acceptors (Lipinski definition) is 5. The van der Waals surface area contributed by atoms with Gasteiger partial charge in [-0.3, -0.25) is 14.6 Å². The summed E-state index contributed by atoms with van der Waals surface area (Å²) in [6.07, 6.45) is -2.84. The molecular formula is C17H17F3N4O4. The lowest BCUT2D eigenvalue weighted by atomic mass is 9.87. The third kappa shape index (κ3) is 4.18. The SMILES string of the molecule is Nc1c(C(=O)N[C@@H]2CCCc3c(OCC(F)(F)F)cccc32)[nH]c(=O)[nH]c1=O. The fraction of sp³-hybridized carbons (Fsp3) is 0.353. The maximum Gasteiger partial charge on any atom is 0.422 e. The number of fused-ring (bicyclic) bond motifs is 1. The number of aromatic amines is 2. The Bertz CT molecular complexity index is 1010. The van der Waals surface area contributed by atoms with Crippen molar-refractivity contribution in [2.24, 2.45) is 0 Å². The number of anilines is 1. The zero-order chi connectivity index (χ0) is 20.5. The third-order valence-electron chi connectivity index (χ3n) is 4.37. The highest BCUT2D eigenvalue weighted by molar-refractivity contribution is 5.97. The molecule has 1 amide bonds. The Kier molecular flexibility index (Phi) is 5.16. The first-order chi connectivity index (χ1) is 13.2. The number of nitrogen functional groups attached to an aromatic ring is 1. The van der Waals surface area contributed by atoms with Gasteiger partial charge in [-0.1, -0.05) is 12.1 Å². The molecule has 8 nitrogen and oxygen atoms in total. The van der Waals surface area contributed by atoms with E-state index in [9.17, 15) is 27.6 Å². The molecular weight excluding hydrogens is 381 g/mol. The van der Waals surface area contributed by atoms with Gasteiger partial charge in [0.1, 0.15) is 17.1 Å². The van der Waals surface area contributed by atoms with Crippen LogP contribution in [-0.2, 0) is 6.42 Å². The molecule has 1 atom stereocenters. The second kappa shape index (κ2) is 7.41. The summed E-state index contributed by atoms with van der Waals surface area (Å²) in [7, 11) is 0. The molecule has 1 heterocycles. The van der Waals surface area contributed by atoms with Crippen LogP contribution in [0.5, 0.6) is 5.75 Å². The molecule has 0 bridgehead atoms. The van der Waals surface area contributed by atoms with E-state index in [4.69, 9.17) is 10.5 Å². The topological polar surface area (TPSA) is 130 Å². The van der Waals surface area contributed by atoms with Crippen molar-refractivity contribution in [3.63, 3.8) is 0 Å². The minimum Gasteiger partial charge on any atom is -0.484 e. The van der Waals surface area contributed by atoms with Gasteiger partial charge in [0.05, 0.1) is 6.04 Å². The molecule has 0 radical (unpaired) electrons. The molecule has 0 fully saturated rings. The summed E-state index contributed by atoms with van der Waals surface area (Å²) in [6, 6.07) is 4.14. The van der Waals surface area contributed by atoms with E-state index >= 15 is 0 Å². The molecule has 28 heavy (non-hydrogen) atoms. The smallest absolute Gasteiger partial charge is 0.422 e. The van der Waals surface area contributed by atoms with E-state index in [0.29, 0.717) is 30.4 Å². The molecule has 1 aliphatic rings. The number of alkyl halides is 3. The van der Waals surface area contributed by atoms with Crippen molar-refractivity contribution >= 4 is 11.6 Å². The highest BCUT2D eigenvalue weighted by Crippen LogP contribution is 2.36. The van der Waals surface area contributed by atoms with Gasteiger partial charge in [0.25, 0.3) is 11.5 Å². The first-order valence-electron chi connectivity index (χ1n) is 8.40. The predicted octanol–water partition coefficient (Wildman–Crippen LogP) is 1.39. The van der Waals surface area contributed by atoms with Gasteiger partial charge in [-0.05, 0) is 36.5 Å². The lowest BCUT2D eigenvalue weighted by Gasteiger charge is -2.28. The normalized spacial score (nSPS) is 16.3. The minimum atomic E-state index is -4.46. The summed E-state index contributed by atoms with van der Waals surface area (Å²) >= 11 is 0. The van der Waals surface area contributed by atoms with Crippen LogP contribution in [0.4, 0.5) is 18.9 Å². The molecule has 0 saturated heterocycles.